The number of hydrazone groups is 1. The van der Waals surface area contributed by atoms with Crippen LogP contribution in [0.1, 0.15) is 38.2 Å². The highest BCUT2D eigenvalue weighted by atomic mass is 19.1. The maximum absolute atomic E-state index is 12.7. The summed E-state index contributed by atoms with van der Waals surface area (Å²) >= 11 is 0. The van der Waals surface area contributed by atoms with E-state index in [0.717, 1.165) is 18.4 Å². The highest BCUT2D eigenvalue weighted by Crippen LogP contribution is 2.66. The van der Waals surface area contributed by atoms with Gasteiger partial charge in [-0.2, -0.15) is 5.10 Å². The molecule has 2 aliphatic rings. The Bertz CT molecular complexity index is 540. The van der Waals surface area contributed by atoms with Gasteiger partial charge in [0, 0.05) is 5.92 Å². The van der Waals surface area contributed by atoms with Crippen LogP contribution in [-0.4, -0.2) is 12.1 Å². The summed E-state index contributed by atoms with van der Waals surface area (Å²) in [6.07, 6.45) is 6.33. The first-order valence-corrected chi connectivity index (χ1v) is 7.20. The normalized spacial score (nSPS) is 31.9. The molecule has 4 heteroatoms. The van der Waals surface area contributed by atoms with E-state index in [4.69, 9.17) is 0 Å². The van der Waals surface area contributed by atoms with Crippen LogP contribution in [0.2, 0.25) is 0 Å². The van der Waals surface area contributed by atoms with Crippen LogP contribution in [0.3, 0.4) is 0 Å². The van der Waals surface area contributed by atoms with Crippen molar-refractivity contribution in [3.8, 4) is 0 Å². The Labute approximate surface area is 118 Å². The van der Waals surface area contributed by atoms with Crippen molar-refractivity contribution in [2.24, 2.45) is 22.4 Å². The molecule has 3 nitrogen and oxygen atoms in total. The van der Waals surface area contributed by atoms with Crippen molar-refractivity contribution in [1.82, 2.24) is 5.43 Å². The zero-order valence-corrected chi connectivity index (χ0v) is 11.6. The lowest BCUT2D eigenvalue weighted by molar-refractivity contribution is -0.123. The number of rotatable bonds is 3. The Morgan fingerprint density at radius 3 is 2.80 bits per heavy atom. The van der Waals surface area contributed by atoms with E-state index < -0.39 is 0 Å². The first-order valence-electron chi connectivity index (χ1n) is 7.20. The highest BCUT2D eigenvalue weighted by molar-refractivity contribution is 5.85. The van der Waals surface area contributed by atoms with Gasteiger partial charge in [0.25, 0.3) is 0 Å². The minimum Gasteiger partial charge on any atom is -0.273 e. The topological polar surface area (TPSA) is 41.5 Å². The molecule has 106 valence electrons. The van der Waals surface area contributed by atoms with Crippen LogP contribution in [0.4, 0.5) is 4.39 Å². The predicted octanol–water partition coefficient (Wildman–Crippen LogP) is 3.10. The van der Waals surface area contributed by atoms with Crippen molar-refractivity contribution in [3.05, 3.63) is 35.6 Å². The standard InChI is InChI=1S/C16H19FN2O/c1-16-9-3-2-4-13(16)14(16)15(20)19-18-10-11-5-7-12(17)8-6-11/h5-8,10,13-14H,2-4,9H2,1H3,(H,19,20)/t13-,14-,16+/m1/s1. The number of hydrogen-bond acceptors (Lipinski definition) is 2. The molecule has 1 aromatic carbocycles. The Morgan fingerprint density at radius 1 is 1.40 bits per heavy atom. The van der Waals surface area contributed by atoms with E-state index in [0.29, 0.717) is 5.92 Å². The fourth-order valence-electron chi connectivity index (χ4n) is 3.64. The molecule has 3 rings (SSSR count). The van der Waals surface area contributed by atoms with Crippen molar-refractivity contribution in [2.45, 2.75) is 32.6 Å². The summed E-state index contributed by atoms with van der Waals surface area (Å²) < 4.78 is 12.7. The van der Waals surface area contributed by atoms with Crippen LogP contribution >= 0.6 is 0 Å². The smallest absolute Gasteiger partial charge is 0.244 e. The third kappa shape index (κ3) is 2.35. The number of amides is 1. The van der Waals surface area contributed by atoms with Gasteiger partial charge < -0.3 is 0 Å². The van der Waals surface area contributed by atoms with Crippen LogP contribution in [0, 0.1) is 23.1 Å². The number of fused-ring (bicyclic) bond motifs is 1. The zero-order valence-electron chi connectivity index (χ0n) is 11.6. The molecular weight excluding hydrogens is 255 g/mol. The molecule has 0 aliphatic heterocycles. The molecule has 3 atom stereocenters. The molecule has 1 N–H and O–H groups in total. The predicted molar refractivity (Wildman–Crippen MR) is 75.7 cm³/mol. The van der Waals surface area contributed by atoms with Gasteiger partial charge in [-0.15, -0.1) is 0 Å². The van der Waals surface area contributed by atoms with Gasteiger partial charge in [0.15, 0.2) is 0 Å². The third-order valence-corrected chi connectivity index (χ3v) is 4.87. The van der Waals surface area contributed by atoms with Gasteiger partial charge in [-0.1, -0.05) is 31.9 Å². The molecule has 0 bridgehead atoms. The highest BCUT2D eigenvalue weighted by Gasteiger charge is 2.64. The van der Waals surface area contributed by atoms with Crippen LogP contribution < -0.4 is 5.43 Å². The molecular formula is C16H19FN2O. The van der Waals surface area contributed by atoms with Gasteiger partial charge in [-0.3, -0.25) is 4.79 Å². The molecule has 1 amide bonds. The fourth-order valence-corrected chi connectivity index (χ4v) is 3.64. The average Bonchev–Trinajstić information content (AvgIpc) is 3.06. The summed E-state index contributed by atoms with van der Waals surface area (Å²) in [4.78, 5) is 12.1. The lowest BCUT2D eigenvalue weighted by Crippen LogP contribution is -2.22. The Hall–Kier alpha value is -1.71. The molecule has 0 radical (unpaired) electrons. The summed E-state index contributed by atoms with van der Waals surface area (Å²) in [5.41, 5.74) is 3.60. The van der Waals surface area contributed by atoms with Gasteiger partial charge in [-0.25, -0.2) is 9.82 Å². The van der Waals surface area contributed by atoms with Crippen molar-refractivity contribution in [1.29, 1.82) is 0 Å². The Balaban J connectivity index is 1.56. The maximum Gasteiger partial charge on any atom is 0.244 e. The average molecular weight is 274 g/mol. The Morgan fingerprint density at radius 2 is 2.15 bits per heavy atom. The van der Waals surface area contributed by atoms with E-state index in [1.165, 1.54) is 25.0 Å². The molecule has 0 spiro atoms. The molecule has 2 aliphatic carbocycles. The van der Waals surface area contributed by atoms with Crippen LogP contribution in [-0.2, 0) is 4.79 Å². The molecule has 0 saturated heterocycles. The van der Waals surface area contributed by atoms with E-state index in [1.807, 2.05) is 0 Å². The second-order valence-corrected chi connectivity index (χ2v) is 6.12. The van der Waals surface area contributed by atoms with Crippen LogP contribution in [0.15, 0.2) is 29.4 Å². The van der Waals surface area contributed by atoms with Crippen molar-refractivity contribution in [3.63, 3.8) is 0 Å². The summed E-state index contributed by atoms with van der Waals surface area (Å²) in [7, 11) is 0. The van der Waals surface area contributed by atoms with Crippen molar-refractivity contribution in [2.75, 3.05) is 0 Å². The molecule has 1 aromatic rings. The summed E-state index contributed by atoms with van der Waals surface area (Å²) in [6, 6.07) is 6.01. The lowest BCUT2D eigenvalue weighted by atomic mass is 9.90. The summed E-state index contributed by atoms with van der Waals surface area (Å²) in [5, 5.41) is 3.97. The number of carbonyl (C=O) groups is 1. The number of hydrogen-bond donors (Lipinski definition) is 1. The number of carbonyl (C=O) groups excluding carboxylic acids is 1. The SMILES string of the molecule is C[C@]12CCCC[C@@H]1[C@@H]2C(=O)NN=Cc1ccc(F)cc1. The molecule has 0 aromatic heterocycles. The Kier molecular flexibility index (Phi) is 3.32. The first-order chi connectivity index (χ1) is 9.61. The van der Waals surface area contributed by atoms with Gasteiger partial charge in [0.1, 0.15) is 5.82 Å². The minimum absolute atomic E-state index is 0.0257. The molecule has 20 heavy (non-hydrogen) atoms. The van der Waals surface area contributed by atoms with E-state index >= 15 is 0 Å². The maximum atomic E-state index is 12.7. The van der Waals surface area contributed by atoms with Gasteiger partial charge in [-0.05, 0) is 41.9 Å². The molecule has 2 fully saturated rings. The van der Waals surface area contributed by atoms with Crippen molar-refractivity contribution < 1.29 is 9.18 Å². The quantitative estimate of drug-likeness (QED) is 0.668. The fraction of sp³-hybridized carbons (Fsp3) is 0.500. The summed E-state index contributed by atoms with van der Waals surface area (Å²) in [5.74, 6) is 0.409. The van der Waals surface area contributed by atoms with E-state index in [9.17, 15) is 9.18 Å². The number of nitrogens with zero attached hydrogens (tertiary/aromatic N) is 1. The monoisotopic (exact) mass is 274 g/mol. The number of halogens is 1. The second-order valence-electron chi connectivity index (χ2n) is 6.12. The number of nitrogens with one attached hydrogen (secondary N) is 1. The minimum atomic E-state index is -0.277. The second kappa shape index (κ2) is 5.00. The van der Waals surface area contributed by atoms with Crippen LogP contribution in [0.25, 0.3) is 0 Å². The molecule has 0 unspecified atom stereocenters. The van der Waals surface area contributed by atoms with E-state index in [2.05, 4.69) is 17.5 Å². The summed E-state index contributed by atoms with van der Waals surface area (Å²) in [6.45, 7) is 2.21. The van der Waals surface area contributed by atoms with Gasteiger partial charge >= 0.3 is 0 Å². The van der Waals surface area contributed by atoms with E-state index in [1.54, 1.807) is 18.3 Å². The van der Waals surface area contributed by atoms with Gasteiger partial charge in [0.2, 0.25) is 5.91 Å². The van der Waals surface area contributed by atoms with E-state index in [-0.39, 0.29) is 23.1 Å². The zero-order chi connectivity index (χ0) is 14.2. The van der Waals surface area contributed by atoms with Crippen LogP contribution in [0.5, 0.6) is 0 Å². The third-order valence-electron chi connectivity index (χ3n) is 4.87. The molecule has 0 heterocycles. The number of benzene rings is 1. The van der Waals surface area contributed by atoms with Gasteiger partial charge in [0.05, 0.1) is 6.21 Å². The van der Waals surface area contributed by atoms with Crippen molar-refractivity contribution >= 4 is 12.1 Å². The first kappa shape index (κ1) is 13.3. The molecule has 2 saturated carbocycles. The lowest BCUT2D eigenvalue weighted by Gasteiger charge is -2.15. The largest absolute Gasteiger partial charge is 0.273 e.